The molecule has 0 radical (unpaired) electrons. The van der Waals surface area contributed by atoms with Gasteiger partial charge in [0.2, 0.25) is 5.91 Å². The van der Waals surface area contributed by atoms with Gasteiger partial charge in [-0.1, -0.05) is 36.4 Å². The number of carbonyl (C=O) groups excluding carboxylic acids is 2. The smallest absolute Gasteiger partial charge is 0.274 e. The Bertz CT molecular complexity index is 996. The molecule has 0 bridgehead atoms. The van der Waals surface area contributed by atoms with Crippen molar-refractivity contribution >= 4 is 34.0 Å². The number of anilines is 2. The number of nitrogens with one attached hydrogen (secondary N) is 2. The van der Waals surface area contributed by atoms with Crippen LogP contribution in [0.25, 0.3) is 10.8 Å². The maximum atomic E-state index is 12.5. The van der Waals surface area contributed by atoms with E-state index in [0.29, 0.717) is 18.5 Å². The first-order valence-electron chi connectivity index (χ1n) is 8.78. The highest BCUT2D eigenvalue weighted by molar-refractivity contribution is 6.00. The van der Waals surface area contributed by atoms with Crippen LogP contribution in [-0.2, 0) is 4.79 Å². The Kier molecular flexibility index (Phi) is 4.48. The van der Waals surface area contributed by atoms with Gasteiger partial charge in [0.25, 0.3) is 5.91 Å². The van der Waals surface area contributed by atoms with E-state index in [9.17, 15) is 9.59 Å². The fourth-order valence-corrected chi connectivity index (χ4v) is 3.57. The van der Waals surface area contributed by atoms with Crippen LogP contribution in [0.1, 0.15) is 16.8 Å². The summed E-state index contributed by atoms with van der Waals surface area (Å²) in [5.41, 5.74) is 3.72. The molecule has 1 aliphatic heterocycles. The largest absolute Gasteiger partial charge is 0.354 e. The van der Waals surface area contributed by atoms with E-state index in [-0.39, 0.29) is 11.9 Å². The minimum absolute atomic E-state index is 0.0138. The van der Waals surface area contributed by atoms with Crippen molar-refractivity contribution in [3.05, 3.63) is 72.3 Å². The van der Waals surface area contributed by atoms with Gasteiger partial charge in [-0.25, -0.2) is 5.48 Å². The van der Waals surface area contributed by atoms with Gasteiger partial charge < -0.3 is 10.2 Å². The lowest BCUT2D eigenvalue weighted by Gasteiger charge is -2.30. The van der Waals surface area contributed by atoms with Crippen molar-refractivity contribution in [3.8, 4) is 0 Å². The van der Waals surface area contributed by atoms with Crippen molar-refractivity contribution in [2.24, 2.45) is 0 Å². The van der Waals surface area contributed by atoms with Crippen molar-refractivity contribution in [3.63, 3.8) is 0 Å². The monoisotopic (exact) mass is 361 g/mol. The summed E-state index contributed by atoms with van der Waals surface area (Å²) < 4.78 is 0. The first-order chi connectivity index (χ1) is 13.2. The highest BCUT2D eigenvalue weighted by Gasteiger charge is 2.32. The van der Waals surface area contributed by atoms with Gasteiger partial charge in [0.05, 0.1) is 0 Å². The van der Waals surface area contributed by atoms with Crippen LogP contribution in [0.3, 0.4) is 0 Å². The molecule has 2 amide bonds. The van der Waals surface area contributed by atoms with E-state index >= 15 is 0 Å². The van der Waals surface area contributed by atoms with Gasteiger partial charge in [-0.15, -0.1) is 0 Å². The number of hydroxylamine groups is 1. The minimum atomic E-state index is -0.572. The molecule has 1 heterocycles. The lowest BCUT2D eigenvalue weighted by atomic mass is 10.0. The van der Waals surface area contributed by atoms with Crippen LogP contribution in [-0.4, -0.2) is 29.6 Å². The summed E-state index contributed by atoms with van der Waals surface area (Å²) in [5, 5.41) is 13.9. The van der Waals surface area contributed by atoms with Crippen LogP contribution in [0.2, 0.25) is 0 Å². The van der Waals surface area contributed by atoms with Crippen LogP contribution in [0, 0.1) is 0 Å². The predicted molar refractivity (Wildman–Crippen MR) is 103 cm³/mol. The van der Waals surface area contributed by atoms with Crippen molar-refractivity contribution < 1.29 is 14.8 Å². The van der Waals surface area contributed by atoms with Gasteiger partial charge in [-0.2, -0.15) is 0 Å². The molecule has 1 atom stereocenters. The van der Waals surface area contributed by atoms with Crippen LogP contribution in [0.5, 0.6) is 0 Å². The van der Waals surface area contributed by atoms with E-state index in [1.807, 2.05) is 47.4 Å². The Morgan fingerprint density at radius 2 is 1.78 bits per heavy atom. The second-order valence-corrected chi connectivity index (χ2v) is 6.45. The Morgan fingerprint density at radius 3 is 2.48 bits per heavy atom. The minimum Gasteiger partial charge on any atom is -0.354 e. The Morgan fingerprint density at radius 1 is 1.04 bits per heavy atom. The SMILES string of the molecule is O=C(NO)c1ccc(N(c2cccc3ccccc23)C2CCNC2=O)cc1. The van der Waals surface area contributed by atoms with Crippen LogP contribution >= 0.6 is 0 Å². The van der Waals surface area contributed by atoms with Gasteiger partial charge in [0, 0.05) is 28.9 Å². The van der Waals surface area contributed by atoms with E-state index in [1.54, 1.807) is 29.7 Å². The van der Waals surface area contributed by atoms with Crippen LogP contribution in [0.15, 0.2) is 66.7 Å². The number of hydrogen-bond donors (Lipinski definition) is 3. The molecule has 0 aliphatic carbocycles. The first kappa shape index (κ1) is 17.1. The molecule has 3 N–H and O–H groups in total. The maximum Gasteiger partial charge on any atom is 0.274 e. The van der Waals surface area contributed by atoms with Gasteiger partial charge in [-0.3, -0.25) is 14.8 Å². The molecule has 0 spiro atoms. The number of carbonyl (C=O) groups is 2. The zero-order valence-corrected chi connectivity index (χ0v) is 14.6. The van der Waals surface area contributed by atoms with Gasteiger partial charge in [0.1, 0.15) is 6.04 Å². The Hall–Kier alpha value is -3.38. The molecule has 3 aromatic rings. The highest BCUT2D eigenvalue weighted by atomic mass is 16.5. The van der Waals surface area contributed by atoms with E-state index < -0.39 is 5.91 Å². The van der Waals surface area contributed by atoms with Gasteiger partial charge in [0.15, 0.2) is 0 Å². The molecule has 6 nitrogen and oxygen atoms in total. The number of hydrogen-bond acceptors (Lipinski definition) is 4. The van der Waals surface area contributed by atoms with Gasteiger partial charge in [-0.05, 0) is 42.1 Å². The molecule has 27 heavy (non-hydrogen) atoms. The van der Waals surface area contributed by atoms with E-state index in [1.165, 1.54) is 0 Å². The quantitative estimate of drug-likeness (QED) is 0.493. The molecule has 1 saturated heterocycles. The summed E-state index contributed by atoms with van der Waals surface area (Å²) in [5.74, 6) is -0.586. The molecule has 1 unspecified atom stereocenters. The summed E-state index contributed by atoms with van der Waals surface area (Å²) in [4.78, 5) is 26.1. The standard InChI is InChI=1S/C21H19N3O3/c25-20(23-27)15-8-10-16(11-9-15)24(19-12-13-22-21(19)26)18-7-3-5-14-4-1-2-6-17(14)18/h1-11,19,27H,12-13H2,(H,22,26)(H,23,25). The summed E-state index contributed by atoms with van der Waals surface area (Å²) in [6, 6.07) is 20.6. The zero-order chi connectivity index (χ0) is 18.8. The lowest BCUT2D eigenvalue weighted by Crippen LogP contribution is -2.37. The summed E-state index contributed by atoms with van der Waals surface area (Å²) in [7, 11) is 0. The Labute approximate surface area is 156 Å². The first-order valence-corrected chi connectivity index (χ1v) is 8.78. The zero-order valence-electron chi connectivity index (χ0n) is 14.6. The Balaban J connectivity index is 1.85. The van der Waals surface area contributed by atoms with Crippen molar-refractivity contribution in [1.29, 1.82) is 0 Å². The molecule has 4 rings (SSSR count). The van der Waals surface area contributed by atoms with Gasteiger partial charge >= 0.3 is 0 Å². The second kappa shape index (κ2) is 7.09. The number of nitrogens with zero attached hydrogens (tertiary/aromatic N) is 1. The van der Waals surface area contributed by atoms with E-state index in [0.717, 1.165) is 22.1 Å². The molecule has 6 heteroatoms. The normalized spacial score (nSPS) is 16.2. The average Bonchev–Trinajstić information content (AvgIpc) is 3.14. The molecule has 1 fully saturated rings. The fraction of sp³-hybridized carbons (Fsp3) is 0.143. The average molecular weight is 361 g/mol. The fourth-order valence-electron chi connectivity index (χ4n) is 3.57. The van der Waals surface area contributed by atoms with Crippen molar-refractivity contribution in [2.45, 2.75) is 12.5 Å². The summed E-state index contributed by atoms with van der Waals surface area (Å²) in [6.45, 7) is 0.635. The third-order valence-corrected chi connectivity index (χ3v) is 4.87. The second-order valence-electron chi connectivity index (χ2n) is 6.45. The summed E-state index contributed by atoms with van der Waals surface area (Å²) >= 11 is 0. The number of benzene rings is 3. The summed E-state index contributed by atoms with van der Waals surface area (Å²) in [6.07, 6.45) is 0.695. The molecular weight excluding hydrogens is 342 g/mol. The molecule has 0 saturated carbocycles. The third kappa shape index (κ3) is 3.11. The van der Waals surface area contributed by atoms with Crippen molar-refractivity contribution in [2.75, 3.05) is 11.4 Å². The van der Waals surface area contributed by atoms with Crippen molar-refractivity contribution in [1.82, 2.24) is 10.8 Å². The maximum absolute atomic E-state index is 12.5. The molecule has 0 aromatic heterocycles. The number of rotatable bonds is 4. The predicted octanol–water partition coefficient (Wildman–Crippen LogP) is 2.99. The topological polar surface area (TPSA) is 81.7 Å². The molecule has 1 aliphatic rings. The third-order valence-electron chi connectivity index (χ3n) is 4.87. The molecule has 136 valence electrons. The lowest BCUT2D eigenvalue weighted by molar-refractivity contribution is -0.120. The van der Waals surface area contributed by atoms with E-state index in [4.69, 9.17) is 5.21 Å². The molecule has 3 aromatic carbocycles. The molecular formula is C21H19N3O3. The highest BCUT2D eigenvalue weighted by Crippen LogP contribution is 2.35. The number of fused-ring (bicyclic) bond motifs is 1. The van der Waals surface area contributed by atoms with Crippen LogP contribution in [0.4, 0.5) is 11.4 Å². The van der Waals surface area contributed by atoms with Crippen LogP contribution < -0.4 is 15.7 Å². The van der Waals surface area contributed by atoms with E-state index in [2.05, 4.69) is 5.32 Å². The number of amides is 2.